The van der Waals surface area contributed by atoms with E-state index in [-0.39, 0.29) is 6.10 Å². The lowest BCUT2D eigenvalue weighted by Crippen LogP contribution is -2.14. The Kier molecular flexibility index (Phi) is 16.1. The van der Waals surface area contributed by atoms with E-state index in [0.29, 0.717) is 65.9 Å². The highest BCUT2D eigenvalue weighted by atomic mass is 16.6. The van der Waals surface area contributed by atoms with Crippen LogP contribution >= 0.6 is 0 Å². The van der Waals surface area contributed by atoms with Crippen LogP contribution in [0.4, 0.5) is 0 Å². The number of carbonyl (C=O) groups is 1. The van der Waals surface area contributed by atoms with Gasteiger partial charge in [-0.1, -0.05) is 0 Å². The molecular weight excluding hydrogens is 264 g/mol. The Bertz CT molecular complexity index is 198. The maximum atomic E-state index is 10.0. The molecule has 0 aliphatic heterocycles. The van der Waals surface area contributed by atoms with Crippen LogP contribution in [0.3, 0.4) is 0 Å². The third-order valence-electron chi connectivity index (χ3n) is 2.17. The van der Waals surface area contributed by atoms with Crippen molar-refractivity contribution >= 4 is 6.29 Å². The molecule has 0 heterocycles. The summed E-state index contributed by atoms with van der Waals surface area (Å²) in [5.41, 5.74) is 0. The molecule has 0 atom stereocenters. The summed E-state index contributed by atoms with van der Waals surface area (Å²) in [7, 11) is 0. The lowest BCUT2D eigenvalue weighted by Gasteiger charge is -2.08. The molecule has 6 nitrogen and oxygen atoms in total. The minimum Gasteiger partial charge on any atom is -0.379 e. The number of ether oxygens (including phenoxy) is 5. The Balaban J connectivity index is 2.94. The van der Waals surface area contributed by atoms with Crippen molar-refractivity contribution in [1.29, 1.82) is 0 Å². The molecule has 0 amide bonds. The highest BCUT2D eigenvalue weighted by molar-refractivity contribution is 5.49. The molecule has 0 saturated carbocycles. The molecule has 0 aromatic rings. The van der Waals surface area contributed by atoms with Crippen molar-refractivity contribution in [3.63, 3.8) is 0 Å². The van der Waals surface area contributed by atoms with Crippen molar-refractivity contribution in [3.8, 4) is 0 Å². The van der Waals surface area contributed by atoms with Crippen LogP contribution in [0.15, 0.2) is 0 Å². The van der Waals surface area contributed by atoms with Gasteiger partial charge in [0.05, 0.1) is 65.6 Å². The first-order valence-electron chi connectivity index (χ1n) is 7.13. The predicted octanol–water partition coefficient (Wildman–Crippen LogP) is 1.07. The zero-order valence-corrected chi connectivity index (χ0v) is 12.7. The number of rotatable bonds is 16. The Labute approximate surface area is 121 Å². The number of hydrogen-bond donors (Lipinski definition) is 0. The van der Waals surface area contributed by atoms with Crippen molar-refractivity contribution in [2.45, 2.75) is 26.4 Å². The van der Waals surface area contributed by atoms with Gasteiger partial charge in [-0.15, -0.1) is 0 Å². The third kappa shape index (κ3) is 17.5. The van der Waals surface area contributed by atoms with E-state index in [0.717, 1.165) is 6.29 Å². The Morgan fingerprint density at radius 2 is 1.10 bits per heavy atom. The van der Waals surface area contributed by atoms with Crippen LogP contribution in [-0.2, 0) is 28.5 Å². The molecule has 0 radical (unpaired) electrons. The van der Waals surface area contributed by atoms with Gasteiger partial charge in [0.15, 0.2) is 0 Å². The van der Waals surface area contributed by atoms with E-state index in [1.807, 2.05) is 13.8 Å². The summed E-state index contributed by atoms with van der Waals surface area (Å²) in [5, 5.41) is 0. The Morgan fingerprint density at radius 3 is 1.50 bits per heavy atom. The molecule has 0 saturated heterocycles. The van der Waals surface area contributed by atoms with E-state index in [2.05, 4.69) is 0 Å². The monoisotopic (exact) mass is 292 g/mol. The molecule has 0 rings (SSSR count). The maximum absolute atomic E-state index is 10.0. The zero-order chi connectivity index (χ0) is 14.9. The molecule has 0 aliphatic carbocycles. The summed E-state index contributed by atoms with van der Waals surface area (Å²) < 4.78 is 26.4. The molecule has 0 unspecified atom stereocenters. The molecule has 0 aliphatic rings. The van der Waals surface area contributed by atoms with E-state index >= 15 is 0 Å². The van der Waals surface area contributed by atoms with Gasteiger partial charge in [-0.2, -0.15) is 0 Å². The van der Waals surface area contributed by atoms with Crippen LogP contribution < -0.4 is 0 Å². The van der Waals surface area contributed by atoms with E-state index in [1.54, 1.807) is 0 Å². The number of hydrogen-bond acceptors (Lipinski definition) is 6. The van der Waals surface area contributed by atoms with Gasteiger partial charge in [0.25, 0.3) is 0 Å². The molecule has 0 spiro atoms. The smallest absolute Gasteiger partial charge is 0.122 e. The summed E-state index contributed by atoms with van der Waals surface area (Å²) in [6, 6.07) is 0. The van der Waals surface area contributed by atoms with Gasteiger partial charge in [0.2, 0.25) is 0 Å². The van der Waals surface area contributed by atoms with E-state index in [1.165, 1.54) is 0 Å². The van der Waals surface area contributed by atoms with Crippen molar-refractivity contribution in [2.75, 3.05) is 59.5 Å². The van der Waals surface area contributed by atoms with Gasteiger partial charge in [-0.3, -0.25) is 0 Å². The van der Waals surface area contributed by atoms with Crippen molar-refractivity contribution in [3.05, 3.63) is 0 Å². The van der Waals surface area contributed by atoms with Crippen molar-refractivity contribution in [1.82, 2.24) is 0 Å². The molecule has 0 aromatic carbocycles. The normalized spacial score (nSPS) is 11.2. The SMILES string of the molecule is CC(C)OCCOCCOCCOCCOCCC=O. The topological polar surface area (TPSA) is 63.2 Å². The predicted molar refractivity (Wildman–Crippen MR) is 75.0 cm³/mol. The molecule has 0 N–H and O–H groups in total. The minimum absolute atomic E-state index is 0.245. The van der Waals surface area contributed by atoms with Crippen LogP contribution in [0.2, 0.25) is 0 Å². The van der Waals surface area contributed by atoms with E-state index in [4.69, 9.17) is 23.7 Å². The van der Waals surface area contributed by atoms with Gasteiger partial charge in [-0.05, 0) is 13.8 Å². The number of aldehydes is 1. The van der Waals surface area contributed by atoms with Crippen LogP contribution in [0, 0.1) is 0 Å². The van der Waals surface area contributed by atoms with E-state index in [9.17, 15) is 4.79 Å². The Morgan fingerprint density at radius 1 is 0.700 bits per heavy atom. The minimum atomic E-state index is 0.245. The van der Waals surface area contributed by atoms with Crippen LogP contribution in [-0.4, -0.2) is 71.9 Å². The summed E-state index contributed by atoms with van der Waals surface area (Å²) in [6.45, 7) is 8.89. The highest BCUT2D eigenvalue weighted by Crippen LogP contribution is 1.88. The Hall–Kier alpha value is -0.530. The maximum Gasteiger partial charge on any atom is 0.122 e. The zero-order valence-electron chi connectivity index (χ0n) is 12.7. The van der Waals surface area contributed by atoms with Crippen LogP contribution in [0.5, 0.6) is 0 Å². The standard InChI is InChI=1S/C14H28O6/c1-14(2)20-13-12-19-11-10-18-9-8-17-7-6-16-5-3-4-15/h4,14H,3,5-13H2,1-2H3. The largest absolute Gasteiger partial charge is 0.379 e. The molecule has 0 fully saturated rings. The quantitative estimate of drug-likeness (QED) is 0.313. The number of carbonyl (C=O) groups excluding carboxylic acids is 1. The highest BCUT2D eigenvalue weighted by Gasteiger charge is 1.94. The molecule has 0 aromatic heterocycles. The second-order valence-corrected chi connectivity index (χ2v) is 4.32. The fourth-order valence-corrected chi connectivity index (χ4v) is 1.24. The average Bonchev–Trinajstić information content (AvgIpc) is 2.43. The van der Waals surface area contributed by atoms with Crippen molar-refractivity contribution < 1.29 is 28.5 Å². The second kappa shape index (κ2) is 16.5. The molecule has 6 heteroatoms. The fraction of sp³-hybridized carbons (Fsp3) is 0.929. The second-order valence-electron chi connectivity index (χ2n) is 4.32. The molecule has 120 valence electrons. The molecule has 0 bridgehead atoms. The molecule has 20 heavy (non-hydrogen) atoms. The van der Waals surface area contributed by atoms with Crippen molar-refractivity contribution in [2.24, 2.45) is 0 Å². The van der Waals surface area contributed by atoms with E-state index < -0.39 is 0 Å². The van der Waals surface area contributed by atoms with Gasteiger partial charge < -0.3 is 28.5 Å². The third-order valence-corrected chi connectivity index (χ3v) is 2.17. The average molecular weight is 292 g/mol. The first kappa shape index (κ1) is 19.5. The van der Waals surface area contributed by atoms with Gasteiger partial charge in [0, 0.05) is 6.42 Å². The van der Waals surface area contributed by atoms with Gasteiger partial charge in [0.1, 0.15) is 6.29 Å². The summed E-state index contributed by atoms with van der Waals surface area (Å²) in [5.74, 6) is 0. The summed E-state index contributed by atoms with van der Waals surface area (Å²) in [6.07, 6.45) is 1.52. The van der Waals surface area contributed by atoms with Crippen LogP contribution in [0.1, 0.15) is 20.3 Å². The lowest BCUT2D eigenvalue weighted by molar-refractivity contribution is -0.108. The lowest BCUT2D eigenvalue weighted by atomic mass is 10.5. The fourth-order valence-electron chi connectivity index (χ4n) is 1.24. The first-order chi connectivity index (χ1) is 9.77. The van der Waals surface area contributed by atoms with Gasteiger partial charge in [-0.25, -0.2) is 0 Å². The van der Waals surface area contributed by atoms with Crippen LogP contribution in [0.25, 0.3) is 0 Å². The summed E-state index contributed by atoms with van der Waals surface area (Å²) in [4.78, 5) is 10.0. The van der Waals surface area contributed by atoms with Gasteiger partial charge >= 0.3 is 0 Å². The summed E-state index contributed by atoms with van der Waals surface area (Å²) >= 11 is 0. The molecular formula is C14H28O6. The first-order valence-corrected chi connectivity index (χ1v) is 7.13.